The van der Waals surface area contributed by atoms with Crippen LogP contribution in [-0.4, -0.2) is 37.3 Å². The molecule has 1 aliphatic heterocycles. The highest BCUT2D eigenvalue weighted by molar-refractivity contribution is 5.95. The zero-order chi connectivity index (χ0) is 14.3. The first kappa shape index (κ1) is 16.2. The Morgan fingerprint density at radius 2 is 2.16 bits per heavy atom. The van der Waals surface area contributed by atoms with Crippen LogP contribution in [0.25, 0.3) is 0 Å². The first-order chi connectivity index (χ1) is 9.15. The minimum absolute atomic E-state index is 0.0832. The van der Waals surface area contributed by atoms with E-state index in [2.05, 4.69) is 31.4 Å². The molecular weight excluding hydrogens is 240 g/mol. The summed E-state index contributed by atoms with van der Waals surface area (Å²) in [5.74, 6) is 0.658. The second kappa shape index (κ2) is 8.33. The minimum Gasteiger partial charge on any atom is -0.391 e. The molecule has 1 heterocycles. The first-order valence-electron chi connectivity index (χ1n) is 7.48. The lowest BCUT2D eigenvalue weighted by molar-refractivity contribution is -0.118. The summed E-state index contributed by atoms with van der Waals surface area (Å²) in [5.41, 5.74) is 1.79. The van der Waals surface area contributed by atoms with Gasteiger partial charge in [-0.15, -0.1) is 0 Å². The number of hydrogen-bond acceptors (Lipinski definition) is 3. The number of aliphatic hydroxyl groups excluding tert-OH is 1. The zero-order valence-corrected chi connectivity index (χ0v) is 12.5. The van der Waals surface area contributed by atoms with Crippen LogP contribution in [0.4, 0.5) is 0 Å². The lowest BCUT2D eigenvalue weighted by Gasteiger charge is -2.31. The Bertz CT molecular complexity index is 326. The van der Waals surface area contributed by atoms with E-state index in [1.54, 1.807) is 0 Å². The van der Waals surface area contributed by atoms with Crippen molar-refractivity contribution in [3.05, 3.63) is 11.1 Å². The van der Waals surface area contributed by atoms with Crippen molar-refractivity contribution in [3.63, 3.8) is 0 Å². The van der Waals surface area contributed by atoms with E-state index in [1.165, 1.54) is 5.57 Å². The summed E-state index contributed by atoms with van der Waals surface area (Å²) in [5, 5.41) is 15.7. The van der Waals surface area contributed by atoms with E-state index < -0.39 is 0 Å². The lowest BCUT2D eigenvalue weighted by atomic mass is 9.79. The van der Waals surface area contributed by atoms with Gasteiger partial charge in [-0.3, -0.25) is 4.79 Å². The number of hydrogen-bond donors (Lipinski definition) is 3. The van der Waals surface area contributed by atoms with Gasteiger partial charge in [-0.25, -0.2) is 0 Å². The van der Waals surface area contributed by atoms with Crippen molar-refractivity contribution in [3.8, 4) is 0 Å². The van der Waals surface area contributed by atoms with Crippen molar-refractivity contribution in [1.29, 1.82) is 0 Å². The topological polar surface area (TPSA) is 61.4 Å². The Kier molecular flexibility index (Phi) is 7.10. The maximum Gasteiger partial charge on any atom is 0.249 e. The highest BCUT2D eigenvalue weighted by Gasteiger charge is 2.29. The van der Waals surface area contributed by atoms with Gasteiger partial charge in [-0.2, -0.15) is 0 Å². The van der Waals surface area contributed by atoms with E-state index in [-0.39, 0.29) is 12.5 Å². The van der Waals surface area contributed by atoms with Crippen LogP contribution in [0.15, 0.2) is 11.1 Å². The normalized spacial score (nSPS) is 21.5. The molecule has 0 aromatic heterocycles. The van der Waals surface area contributed by atoms with Crippen LogP contribution in [0, 0.1) is 11.8 Å². The molecule has 110 valence electrons. The van der Waals surface area contributed by atoms with E-state index in [0.717, 1.165) is 32.4 Å². The summed E-state index contributed by atoms with van der Waals surface area (Å²) in [4.78, 5) is 11.9. The summed E-state index contributed by atoms with van der Waals surface area (Å²) in [6.07, 6.45) is 3.23. The van der Waals surface area contributed by atoms with Gasteiger partial charge in [0.05, 0.1) is 6.61 Å². The van der Waals surface area contributed by atoms with Crippen molar-refractivity contribution in [2.45, 2.75) is 40.0 Å². The van der Waals surface area contributed by atoms with E-state index in [0.29, 0.717) is 24.0 Å². The Morgan fingerprint density at radius 3 is 2.74 bits per heavy atom. The molecule has 19 heavy (non-hydrogen) atoms. The third-order valence-electron chi connectivity index (χ3n) is 3.88. The van der Waals surface area contributed by atoms with Crippen LogP contribution in [0.1, 0.15) is 40.0 Å². The lowest BCUT2D eigenvalue weighted by Crippen LogP contribution is -2.39. The number of carbonyl (C=O) groups excluding carboxylic acids is 1. The molecule has 3 N–H and O–H groups in total. The molecule has 0 fully saturated rings. The first-order valence-corrected chi connectivity index (χ1v) is 7.48. The van der Waals surface area contributed by atoms with E-state index >= 15 is 0 Å². The second-order valence-corrected chi connectivity index (χ2v) is 5.33. The number of rotatable bonds is 8. The molecule has 4 nitrogen and oxygen atoms in total. The number of nitrogens with one attached hydrogen (secondary N) is 2. The van der Waals surface area contributed by atoms with Gasteiger partial charge in [-0.1, -0.05) is 32.8 Å². The smallest absolute Gasteiger partial charge is 0.249 e. The molecule has 4 heteroatoms. The summed E-state index contributed by atoms with van der Waals surface area (Å²) in [6.45, 7) is 8.90. The van der Waals surface area contributed by atoms with Gasteiger partial charge in [0.1, 0.15) is 0 Å². The molecule has 1 unspecified atom stereocenters. The molecule has 0 saturated heterocycles. The molecule has 1 amide bonds. The predicted octanol–water partition coefficient (Wildman–Crippen LogP) is 1.46. The highest BCUT2D eigenvalue weighted by atomic mass is 16.3. The standard InChI is InChI=1S/C15H28N2O2/c1-4-6-12(7-8-16-5-2)14-11(3)9-17-15(19)13(14)10-18/h11-12,16,18H,4-10H2,1-3H3,(H,17,19)/t11-,12?/m0/s1. The number of amides is 1. The van der Waals surface area contributed by atoms with E-state index in [1.807, 2.05) is 0 Å². The Hall–Kier alpha value is -0.870. The SMILES string of the molecule is CCCC(CCNCC)C1=C(CO)C(=O)NC[C@@H]1C. The fraction of sp³-hybridized carbons (Fsp3) is 0.800. The number of aliphatic hydroxyl groups is 1. The van der Waals surface area contributed by atoms with Crippen LogP contribution in [0.5, 0.6) is 0 Å². The van der Waals surface area contributed by atoms with Gasteiger partial charge in [0.15, 0.2) is 0 Å². The van der Waals surface area contributed by atoms with Gasteiger partial charge in [0, 0.05) is 12.1 Å². The third kappa shape index (κ3) is 4.32. The molecule has 0 radical (unpaired) electrons. The summed E-state index contributed by atoms with van der Waals surface area (Å²) in [7, 11) is 0. The fourth-order valence-electron chi connectivity index (χ4n) is 2.96. The van der Waals surface area contributed by atoms with E-state index in [9.17, 15) is 9.90 Å². The van der Waals surface area contributed by atoms with Crippen LogP contribution in [0.3, 0.4) is 0 Å². The second-order valence-electron chi connectivity index (χ2n) is 5.33. The number of carbonyl (C=O) groups is 1. The summed E-state index contributed by atoms with van der Waals surface area (Å²) < 4.78 is 0. The molecule has 0 saturated carbocycles. The van der Waals surface area contributed by atoms with Gasteiger partial charge >= 0.3 is 0 Å². The Balaban J connectivity index is 2.91. The van der Waals surface area contributed by atoms with Crippen molar-refractivity contribution in [2.75, 3.05) is 26.2 Å². The molecule has 1 rings (SSSR count). The van der Waals surface area contributed by atoms with Gasteiger partial charge in [-0.05, 0) is 37.8 Å². The summed E-state index contributed by atoms with van der Waals surface area (Å²) >= 11 is 0. The zero-order valence-electron chi connectivity index (χ0n) is 12.5. The molecule has 1 aliphatic rings. The fourth-order valence-corrected chi connectivity index (χ4v) is 2.96. The average Bonchev–Trinajstić information content (AvgIpc) is 2.40. The maximum atomic E-state index is 11.9. The monoisotopic (exact) mass is 268 g/mol. The summed E-state index contributed by atoms with van der Waals surface area (Å²) in [6, 6.07) is 0. The van der Waals surface area contributed by atoms with Crippen LogP contribution in [-0.2, 0) is 4.79 Å². The Morgan fingerprint density at radius 1 is 1.42 bits per heavy atom. The highest BCUT2D eigenvalue weighted by Crippen LogP contribution is 2.32. The van der Waals surface area contributed by atoms with Gasteiger partial charge in [0.25, 0.3) is 0 Å². The Labute approximate surface area is 116 Å². The maximum absolute atomic E-state index is 11.9. The third-order valence-corrected chi connectivity index (χ3v) is 3.88. The predicted molar refractivity (Wildman–Crippen MR) is 77.8 cm³/mol. The molecule has 0 aromatic rings. The minimum atomic E-state index is -0.146. The van der Waals surface area contributed by atoms with Crippen LogP contribution < -0.4 is 10.6 Å². The van der Waals surface area contributed by atoms with Gasteiger partial charge < -0.3 is 15.7 Å². The van der Waals surface area contributed by atoms with Crippen LogP contribution >= 0.6 is 0 Å². The average molecular weight is 268 g/mol. The molecule has 2 atom stereocenters. The van der Waals surface area contributed by atoms with Crippen molar-refractivity contribution >= 4 is 5.91 Å². The van der Waals surface area contributed by atoms with Crippen molar-refractivity contribution in [1.82, 2.24) is 10.6 Å². The molecule has 0 bridgehead atoms. The van der Waals surface area contributed by atoms with Crippen molar-refractivity contribution in [2.24, 2.45) is 11.8 Å². The molecular formula is C15H28N2O2. The molecule has 0 aromatic carbocycles. The van der Waals surface area contributed by atoms with E-state index in [4.69, 9.17) is 0 Å². The largest absolute Gasteiger partial charge is 0.391 e. The quantitative estimate of drug-likeness (QED) is 0.584. The van der Waals surface area contributed by atoms with Crippen LogP contribution in [0.2, 0.25) is 0 Å². The molecule has 0 spiro atoms. The molecule has 0 aliphatic carbocycles. The van der Waals surface area contributed by atoms with Gasteiger partial charge in [0.2, 0.25) is 5.91 Å². The van der Waals surface area contributed by atoms with Crippen molar-refractivity contribution < 1.29 is 9.90 Å².